The van der Waals surface area contributed by atoms with Gasteiger partial charge in [-0.05, 0) is 38.1 Å². The van der Waals surface area contributed by atoms with Gasteiger partial charge >= 0.3 is 6.01 Å². The van der Waals surface area contributed by atoms with Gasteiger partial charge in [0.2, 0.25) is 0 Å². The number of hydrogen-bond acceptors (Lipinski definition) is 19. The van der Waals surface area contributed by atoms with Crippen LogP contribution in [0, 0.1) is 31.8 Å². The second kappa shape index (κ2) is 16.3. The van der Waals surface area contributed by atoms with Gasteiger partial charge in [0.25, 0.3) is 37.8 Å². The van der Waals surface area contributed by atoms with Crippen molar-refractivity contribution in [1.82, 2.24) is 54.1 Å². The lowest BCUT2D eigenvalue weighted by molar-refractivity contribution is 0.423. The lowest BCUT2D eigenvalue weighted by Gasteiger charge is -2.10. The highest BCUT2D eigenvalue weighted by molar-refractivity contribution is 7.86. The standard InChI is InChI=1S/C31H19Cl4N19O7S2/c1-11-23(45-47-27-13(8-36)9-40-51(27)19-4-16(34)21(6-14(19)32)62(56,57)58)25(37)53(49-11)29-42-30(44-31(55)43-29)54-26(38)24(12(2)50-54)46-48-28-18(39-3)10-41-52(28)20-5-17(35)22(7-15(20)33)63(59,60)61/h4-7,9-10H,37-38H2,1-2H3,(H,56,57,58)(H,59,60,61)(H,42,43,44,55). The van der Waals surface area contributed by atoms with E-state index in [1.165, 1.54) is 13.8 Å². The van der Waals surface area contributed by atoms with Crippen LogP contribution in [-0.4, -0.2) is 85.1 Å². The highest BCUT2D eigenvalue weighted by atomic mass is 35.5. The van der Waals surface area contributed by atoms with E-state index in [1.807, 2.05) is 6.07 Å². The maximum atomic E-state index is 11.7. The molecule has 0 saturated heterocycles. The van der Waals surface area contributed by atoms with Gasteiger partial charge in [-0.25, -0.2) is 14.2 Å². The van der Waals surface area contributed by atoms with E-state index in [-0.39, 0.29) is 90.6 Å². The van der Waals surface area contributed by atoms with E-state index < -0.39 is 46.1 Å². The van der Waals surface area contributed by atoms with Crippen LogP contribution in [0.2, 0.25) is 20.1 Å². The molecule has 2 aromatic carbocycles. The quantitative estimate of drug-likeness (QED) is 0.0557. The number of benzene rings is 2. The van der Waals surface area contributed by atoms with Crippen LogP contribution in [-0.2, 0) is 20.2 Å². The number of aryl methyl sites for hydroxylation is 2. The zero-order chi connectivity index (χ0) is 45.9. The smallest absolute Gasteiger partial charge is 0.320 e. The summed E-state index contributed by atoms with van der Waals surface area (Å²) in [6.07, 6.45) is 2.26. The molecule has 0 spiro atoms. The van der Waals surface area contributed by atoms with E-state index in [0.717, 1.165) is 55.4 Å². The predicted octanol–water partition coefficient (Wildman–Crippen LogP) is 6.46. The maximum Gasteiger partial charge on any atom is 0.320 e. The number of aromatic nitrogens is 11. The Morgan fingerprint density at radius 2 is 1.14 bits per heavy atom. The minimum Gasteiger partial charge on any atom is -0.479 e. The number of nitriles is 1. The fourth-order valence-corrected chi connectivity index (χ4v) is 8.15. The summed E-state index contributed by atoms with van der Waals surface area (Å²) < 4.78 is 69.9. The van der Waals surface area contributed by atoms with Crippen molar-refractivity contribution in [1.29, 1.82) is 5.26 Å². The third-order valence-corrected chi connectivity index (χ3v) is 11.6. The van der Waals surface area contributed by atoms with Crippen molar-refractivity contribution >= 4 is 107 Å². The SMILES string of the molecule is [C-]#[N+]c1cnn(-c2cc(Cl)c(S(=O)(=O)O)cc2Cl)c1N=Nc1c(C)nn(-c2nc(O)nc(-n3nc(C)c(N=Nc4c(C#N)cnn4-c4cc(Cl)c(S(=O)(=O)O)cc4Cl)c3N)n2)c1N. The van der Waals surface area contributed by atoms with Crippen LogP contribution < -0.4 is 11.5 Å². The van der Waals surface area contributed by atoms with Crippen molar-refractivity contribution in [2.24, 2.45) is 20.5 Å². The normalized spacial score (nSPS) is 12.1. The fourth-order valence-electron chi connectivity index (χ4n) is 5.48. The van der Waals surface area contributed by atoms with Crippen molar-refractivity contribution in [3.8, 4) is 35.4 Å². The lowest BCUT2D eigenvalue weighted by Crippen LogP contribution is -2.13. The molecule has 0 aliphatic carbocycles. The Hall–Kier alpha value is -7.15. The third kappa shape index (κ3) is 8.18. The maximum absolute atomic E-state index is 11.7. The van der Waals surface area contributed by atoms with Crippen LogP contribution in [0.3, 0.4) is 0 Å². The molecule has 63 heavy (non-hydrogen) atoms. The molecule has 7 aromatic rings. The average molecular weight is 976 g/mol. The molecule has 0 bridgehead atoms. The summed E-state index contributed by atoms with van der Waals surface area (Å²) in [4.78, 5) is 14.1. The third-order valence-electron chi connectivity index (χ3n) is 8.32. The van der Waals surface area contributed by atoms with Gasteiger partial charge in [0, 0.05) is 0 Å². The molecule has 0 saturated carbocycles. The first-order valence-electron chi connectivity index (χ1n) is 16.5. The van der Waals surface area contributed by atoms with Crippen LogP contribution in [0.1, 0.15) is 17.0 Å². The largest absolute Gasteiger partial charge is 0.479 e. The number of azo groups is 2. The topological polar surface area (TPSA) is 369 Å². The molecule has 26 nitrogen and oxygen atoms in total. The van der Waals surface area contributed by atoms with E-state index >= 15 is 0 Å². The van der Waals surface area contributed by atoms with Gasteiger partial charge < -0.3 is 16.6 Å². The highest BCUT2D eigenvalue weighted by Gasteiger charge is 2.25. The number of rotatable bonds is 10. The van der Waals surface area contributed by atoms with E-state index in [2.05, 4.69) is 60.6 Å². The number of hydrogen-bond donors (Lipinski definition) is 5. The summed E-state index contributed by atoms with van der Waals surface area (Å²) in [6, 6.07) is 5.00. The Labute approximate surface area is 371 Å². The summed E-state index contributed by atoms with van der Waals surface area (Å²) in [7, 11) is -9.48. The number of aromatic hydroxyl groups is 1. The summed E-state index contributed by atoms with van der Waals surface area (Å²) in [5.74, 6) is -1.56. The van der Waals surface area contributed by atoms with Crippen molar-refractivity contribution in [2.75, 3.05) is 11.5 Å². The molecule has 0 unspecified atom stereocenters. The minimum absolute atomic E-state index is 0.0237. The predicted molar refractivity (Wildman–Crippen MR) is 220 cm³/mol. The van der Waals surface area contributed by atoms with Gasteiger partial charge in [0.1, 0.15) is 21.4 Å². The second-order valence-electron chi connectivity index (χ2n) is 12.3. The fraction of sp³-hybridized carbons (Fsp3) is 0.0645. The van der Waals surface area contributed by atoms with Gasteiger partial charge in [-0.3, -0.25) is 9.11 Å². The second-order valence-corrected chi connectivity index (χ2v) is 16.7. The molecule has 0 aliphatic rings. The molecule has 0 fully saturated rings. The van der Waals surface area contributed by atoms with Crippen LogP contribution in [0.5, 0.6) is 6.01 Å². The molecule has 0 atom stereocenters. The Kier molecular flexibility index (Phi) is 11.3. The first-order chi connectivity index (χ1) is 29.6. The summed E-state index contributed by atoms with van der Waals surface area (Å²) >= 11 is 24.8. The van der Waals surface area contributed by atoms with Gasteiger partial charge in [0.05, 0.1) is 61.8 Å². The summed E-state index contributed by atoms with van der Waals surface area (Å²) in [5, 5.41) is 52.4. The molecular formula is C31H19Cl4N19O7S2. The van der Waals surface area contributed by atoms with Crippen molar-refractivity contribution in [3.63, 3.8) is 0 Å². The zero-order valence-corrected chi connectivity index (χ0v) is 35.7. The monoisotopic (exact) mass is 973 g/mol. The van der Waals surface area contributed by atoms with Crippen LogP contribution >= 0.6 is 46.4 Å². The molecule has 32 heteroatoms. The van der Waals surface area contributed by atoms with E-state index in [1.54, 1.807) is 0 Å². The molecule has 7 N–H and O–H groups in total. The number of nitrogens with zero attached hydrogens (tertiary/aromatic N) is 17. The Balaban J connectivity index is 1.23. The first-order valence-corrected chi connectivity index (χ1v) is 20.9. The van der Waals surface area contributed by atoms with Gasteiger partial charge in [0.15, 0.2) is 34.6 Å². The van der Waals surface area contributed by atoms with Crippen LogP contribution in [0.15, 0.2) is 66.9 Å². The van der Waals surface area contributed by atoms with E-state index in [4.69, 9.17) is 64.4 Å². The number of nitrogen functional groups attached to an aromatic ring is 2. The number of halogens is 4. The first kappa shape index (κ1) is 43.9. The highest BCUT2D eigenvalue weighted by Crippen LogP contribution is 2.39. The van der Waals surface area contributed by atoms with Crippen molar-refractivity contribution < 1.29 is 31.0 Å². The van der Waals surface area contributed by atoms with Crippen LogP contribution in [0.4, 0.5) is 40.3 Å². The number of anilines is 2. The van der Waals surface area contributed by atoms with Gasteiger partial charge in [-0.1, -0.05) is 46.4 Å². The Bertz CT molecular complexity index is 3240. The molecule has 7 rings (SSSR count). The number of nitrogens with two attached hydrogens (primary N) is 2. The molecule has 5 heterocycles. The Morgan fingerprint density at radius 3 is 1.59 bits per heavy atom. The lowest BCUT2D eigenvalue weighted by atomic mass is 10.3. The van der Waals surface area contributed by atoms with Crippen molar-refractivity contribution in [3.05, 3.63) is 85.1 Å². The van der Waals surface area contributed by atoms with E-state index in [0.29, 0.717) is 0 Å². The molecule has 5 aromatic heterocycles. The Morgan fingerprint density at radius 1 is 0.698 bits per heavy atom. The molecular weight excluding hydrogens is 956 g/mol. The molecule has 0 radical (unpaired) electrons. The van der Waals surface area contributed by atoms with Gasteiger partial charge in [-0.2, -0.15) is 66.8 Å². The summed E-state index contributed by atoms with van der Waals surface area (Å²) in [6.45, 7) is 10.6. The molecule has 0 amide bonds. The van der Waals surface area contributed by atoms with E-state index in [9.17, 15) is 36.3 Å². The van der Waals surface area contributed by atoms with Gasteiger partial charge in [-0.15, -0.1) is 20.5 Å². The average Bonchev–Trinajstić information content (AvgIpc) is 3.96. The molecule has 0 aliphatic heterocycles. The summed E-state index contributed by atoms with van der Waals surface area (Å²) in [5.41, 5.74) is 12.7. The molecule has 320 valence electrons. The minimum atomic E-state index is -4.74. The zero-order valence-electron chi connectivity index (χ0n) is 31.0. The van der Waals surface area contributed by atoms with Crippen LogP contribution in [0.25, 0.3) is 28.1 Å². The van der Waals surface area contributed by atoms with Crippen molar-refractivity contribution in [2.45, 2.75) is 23.6 Å².